The number of terminal acetylenes is 2. The van der Waals surface area contributed by atoms with E-state index in [1.165, 1.54) is 0 Å². The maximum absolute atomic E-state index is 11.1. The third kappa shape index (κ3) is 5.56. The van der Waals surface area contributed by atoms with Gasteiger partial charge in [0.05, 0.1) is 18.2 Å². The number of carbonyl (C=O) groups excluding carboxylic acids is 1. The lowest BCUT2D eigenvalue weighted by Crippen LogP contribution is -2.03. The Morgan fingerprint density at radius 2 is 1.26 bits per heavy atom. The summed E-state index contributed by atoms with van der Waals surface area (Å²) in [6.07, 6.45) is 12.1. The number of hydrogen-bond donors (Lipinski definition) is 0. The van der Waals surface area contributed by atoms with E-state index in [4.69, 9.17) is 27.1 Å². The van der Waals surface area contributed by atoms with Crippen LogP contribution in [0.3, 0.4) is 0 Å². The molecule has 4 nitrogen and oxygen atoms in total. The van der Waals surface area contributed by atoms with Gasteiger partial charge in [-0.15, -0.1) is 12.8 Å². The molecule has 0 radical (unpaired) electrons. The van der Waals surface area contributed by atoms with Gasteiger partial charge in [0.15, 0.2) is 0 Å². The average Bonchev–Trinajstić information content (AvgIpc) is 2.96. The molecule has 0 fully saturated rings. The van der Waals surface area contributed by atoms with Crippen LogP contribution in [0.2, 0.25) is 0 Å². The molecule has 4 rings (SSSR count). The first-order chi connectivity index (χ1) is 18.5. The lowest BCUT2D eigenvalue weighted by atomic mass is 9.92. The van der Waals surface area contributed by atoms with Gasteiger partial charge in [0.25, 0.3) is 0 Å². The lowest BCUT2D eigenvalue weighted by Gasteiger charge is -2.17. The van der Waals surface area contributed by atoms with E-state index in [1.54, 1.807) is 31.4 Å². The van der Waals surface area contributed by atoms with Crippen LogP contribution in [-0.2, 0) is 13.2 Å². The average molecular weight is 501 g/mol. The Balaban J connectivity index is 1.56. The number of ether oxygens (including phenoxy) is 3. The van der Waals surface area contributed by atoms with E-state index in [-0.39, 0.29) is 0 Å². The van der Waals surface area contributed by atoms with Crippen molar-refractivity contribution in [2.75, 3.05) is 7.11 Å². The van der Waals surface area contributed by atoms with Crippen molar-refractivity contribution in [1.82, 2.24) is 0 Å². The summed E-state index contributed by atoms with van der Waals surface area (Å²) in [5.41, 5.74) is 8.31. The fourth-order valence-corrected chi connectivity index (χ4v) is 4.31. The van der Waals surface area contributed by atoms with Crippen molar-refractivity contribution in [2.45, 2.75) is 27.1 Å². The Bertz CT molecular complexity index is 1570. The summed E-state index contributed by atoms with van der Waals surface area (Å²) in [6, 6.07) is 22.9. The molecule has 0 aliphatic rings. The molecule has 38 heavy (non-hydrogen) atoms. The molecule has 0 spiro atoms. The number of methoxy groups -OCH3 is 1. The number of hydrogen-bond acceptors (Lipinski definition) is 4. The van der Waals surface area contributed by atoms with Crippen LogP contribution in [0.5, 0.6) is 17.2 Å². The number of benzene rings is 4. The lowest BCUT2D eigenvalue weighted by molar-refractivity contribution is 0.112. The molecular formula is C34H28O4. The van der Waals surface area contributed by atoms with E-state index in [9.17, 15) is 4.79 Å². The van der Waals surface area contributed by atoms with Crippen molar-refractivity contribution >= 4 is 6.29 Å². The van der Waals surface area contributed by atoms with Crippen LogP contribution in [0.4, 0.5) is 0 Å². The first-order valence-electron chi connectivity index (χ1n) is 12.1. The van der Waals surface area contributed by atoms with Crippen LogP contribution in [-0.4, -0.2) is 13.4 Å². The molecule has 0 unspecified atom stereocenters. The molecule has 4 aromatic carbocycles. The molecule has 4 aromatic rings. The Kier molecular flexibility index (Phi) is 8.17. The molecule has 0 aliphatic heterocycles. The number of carbonyl (C=O) groups is 1. The fraction of sp³-hybridized carbons (Fsp3) is 0.147. The standard InChI is InChI=1S/C34H28O4/c1-6-26-18-25(20-35)14-16-33(26)37-21-28-10-8-12-31(23(28)3)32-13-9-11-29(24(32)4)22-38-34-17-15-30(36-5)19-27(34)7-2/h1-2,8-20H,21-22H2,3-5H3. The van der Waals surface area contributed by atoms with E-state index >= 15 is 0 Å². The summed E-state index contributed by atoms with van der Waals surface area (Å²) in [5.74, 6) is 7.16. The minimum absolute atomic E-state index is 0.350. The van der Waals surface area contributed by atoms with Gasteiger partial charge in [-0.25, -0.2) is 0 Å². The van der Waals surface area contributed by atoms with Crippen molar-refractivity contribution in [3.63, 3.8) is 0 Å². The third-order valence-electron chi connectivity index (χ3n) is 6.59. The molecular weight excluding hydrogens is 472 g/mol. The first kappa shape index (κ1) is 26.1. The van der Waals surface area contributed by atoms with Gasteiger partial charge in [-0.2, -0.15) is 0 Å². The zero-order valence-corrected chi connectivity index (χ0v) is 21.7. The highest BCUT2D eigenvalue weighted by Gasteiger charge is 2.13. The van der Waals surface area contributed by atoms with Crippen molar-refractivity contribution in [3.05, 3.63) is 112 Å². The van der Waals surface area contributed by atoms with Crippen molar-refractivity contribution in [3.8, 4) is 53.1 Å². The molecule has 188 valence electrons. The molecule has 0 atom stereocenters. The van der Waals surface area contributed by atoms with Crippen LogP contribution < -0.4 is 14.2 Å². The van der Waals surface area contributed by atoms with E-state index in [0.717, 1.165) is 39.7 Å². The second-order valence-electron chi connectivity index (χ2n) is 8.78. The molecule has 0 aliphatic carbocycles. The molecule has 0 aromatic heterocycles. The predicted octanol–water partition coefficient (Wildman–Crippen LogP) is 6.91. The topological polar surface area (TPSA) is 44.8 Å². The van der Waals surface area contributed by atoms with Gasteiger partial charge in [-0.1, -0.05) is 48.2 Å². The Hall–Kier alpha value is -4.93. The van der Waals surface area contributed by atoms with E-state index in [1.807, 2.05) is 30.3 Å². The minimum Gasteiger partial charge on any atom is -0.497 e. The van der Waals surface area contributed by atoms with Crippen LogP contribution in [0.25, 0.3) is 11.1 Å². The van der Waals surface area contributed by atoms with Crippen molar-refractivity contribution in [2.24, 2.45) is 0 Å². The maximum atomic E-state index is 11.1. The molecule has 0 saturated heterocycles. The SMILES string of the molecule is C#Cc1cc(C=O)ccc1OCc1cccc(-c2cccc(COc3ccc(OC)cc3C#C)c2C)c1C. The molecule has 4 heteroatoms. The smallest absolute Gasteiger partial charge is 0.150 e. The summed E-state index contributed by atoms with van der Waals surface area (Å²) < 4.78 is 17.4. The molecule has 0 bridgehead atoms. The predicted molar refractivity (Wildman–Crippen MR) is 151 cm³/mol. The van der Waals surface area contributed by atoms with Gasteiger partial charge in [-0.05, 0) is 83.6 Å². The number of aldehydes is 1. The summed E-state index contributed by atoms with van der Waals surface area (Å²) in [7, 11) is 1.61. The highest BCUT2D eigenvalue weighted by Crippen LogP contribution is 2.32. The van der Waals surface area contributed by atoms with Gasteiger partial charge in [0.1, 0.15) is 36.7 Å². The van der Waals surface area contributed by atoms with Crippen molar-refractivity contribution in [1.29, 1.82) is 0 Å². The largest absolute Gasteiger partial charge is 0.497 e. The van der Waals surface area contributed by atoms with Crippen LogP contribution in [0, 0.1) is 38.5 Å². The van der Waals surface area contributed by atoms with Crippen molar-refractivity contribution < 1.29 is 19.0 Å². The second-order valence-corrected chi connectivity index (χ2v) is 8.78. The molecule has 0 heterocycles. The summed E-state index contributed by atoms with van der Waals surface area (Å²) in [4.78, 5) is 11.1. The molecule has 0 N–H and O–H groups in total. The Labute approximate surface area is 224 Å². The van der Waals surface area contributed by atoms with Crippen LogP contribution in [0.15, 0.2) is 72.8 Å². The highest BCUT2D eigenvalue weighted by atomic mass is 16.5. The third-order valence-corrected chi connectivity index (χ3v) is 6.59. The van der Waals surface area contributed by atoms with Gasteiger partial charge in [-0.3, -0.25) is 4.79 Å². The normalized spacial score (nSPS) is 10.2. The maximum Gasteiger partial charge on any atom is 0.150 e. The Morgan fingerprint density at radius 1 is 0.737 bits per heavy atom. The zero-order valence-electron chi connectivity index (χ0n) is 21.7. The first-order valence-corrected chi connectivity index (χ1v) is 12.1. The van der Waals surface area contributed by atoms with Gasteiger partial charge < -0.3 is 14.2 Å². The van der Waals surface area contributed by atoms with Gasteiger partial charge in [0.2, 0.25) is 0 Å². The van der Waals surface area contributed by atoms with Gasteiger partial charge >= 0.3 is 0 Å². The van der Waals surface area contributed by atoms with Gasteiger partial charge in [0, 0.05) is 5.56 Å². The van der Waals surface area contributed by atoms with E-state index in [0.29, 0.717) is 47.2 Å². The summed E-state index contributed by atoms with van der Waals surface area (Å²) in [6.45, 7) is 4.92. The van der Waals surface area contributed by atoms with E-state index < -0.39 is 0 Å². The molecule has 0 amide bonds. The highest BCUT2D eigenvalue weighted by molar-refractivity contribution is 5.76. The molecule has 0 saturated carbocycles. The van der Waals surface area contributed by atoms with E-state index in [2.05, 4.69) is 43.9 Å². The fourth-order valence-electron chi connectivity index (χ4n) is 4.31. The monoisotopic (exact) mass is 500 g/mol. The zero-order chi connectivity index (χ0) is 27.1. The number of rotatable bonds is 9. The Morgan fingerprint density at radius 3 is 1.76 bits per heavy atom. The van der Waals surface area contributed by atoms with Crippen LogP contribution >= 0.6 is 0 Å². The minimum atomic E-state index is 0.350. The quantitative estimate of drug-likeness (QED) is 0.185. The summed E-state index contributed by atoms with van der Waals surface area (Å²) >= 11 is 0. The van der Waals surface area contributed by atoms with Crippen LogP contribution in [0.1, 0.15) is 43.7 Å². The second kappa shape index (κ2) is 11.9. The summed E-state index contributed by atoms with van der Waals surface area (Å²) in [5, 5.41) is 0.